The van der Waals surface area contributed by atoms with E-state index in [2.05, 4.69) is 20.6 Å². The van der Waals surface area contributed by atoms with E-state index in [1.807, 2.05) is 30.3 Å². The lowest BCUT2D eigenvalue weighted by molar-refractivity contribution is -0.140. The van der Waals surface area contributed by atoms with Gasteiger partial charge in [0.05, 0.1) is 5.01 Å². The second-order valence-corrected chi connectivity index (χ2v) is 8.09. The van der Waals surface area contributed by atoms with Crippen LogP contribution < -0.4 is 10.6 Å². The Morgan fingerprint density at radius 2 is 1.93 bits per heavy atom. The number of alkyl halides is 3. The van der Waals surface area contributed by atoms with Gasteiger partial charge in [0.2, 0.25) is 0 Å². The fourth-order valence-corrected chi connectivity index (χ4v) is 4.02. The van der Waals surface area contributed by atoms with Gasteiger partial charge in [0, 0.05) is 54.2 Å². The quantitative estimate of drug-likeness (QED) is 0.511. The molecule has 2 rings (SSSR count). The van der Waals surface area contributed by atoms with E-state index in [0.29, 0.717) is 42.0 Å². The molecule has 0 aliphatic heterocycles. The summed E-state index contributed by atoms with van der Waals surface area (Å²) >= 11 is 0.987. The third kappa shape index (κ3) is 7.67. The topological polar surface area (TPSA) is 66.4 Å². The van der Waals surface area contributed by atoms with E-state index in [9.17, 15) is 17.4 Å². The van der Waals surface area contributed by atoms with Gasteiger partial charge in [-0.3, -0.25) is 9.20 Å². The van der Waals surface area contributed by atoms with Crippen molar-refractivity contribution in [3.05, 3.63) is 52.0 Å². The van der Waals surface area contributed by atoms with Gasteiger partial charge in [-0.25, -0.2) is 4.98 Å². The predicted molar refractivity (Wildman–Crippen MR) is 103 cm³/mol. The van der Waals surface area contributed by atoms with Crippen LogP contribution >= 0.6 is 11.3 Å². The molecule has 27 heavy (non-hydrogen) atoms. The van der Waals surface area contributed by atoms with Gasteiger partial charge in [-0.1, -0.05) is 30.3 Å². The molecule has 1 aromatic heterocycles. The summed E-state index contributed by atoms with van der Waals surface area (Å²) in [6, 6.07) is 9.62. The Labute approximate surface area is 162 Å². The molecular weight excluding hydrogens is 397 g/mol. The summed E-state index contributed by atoms with van der Waals surface area (Å²) in [5.74, 6) is 1.48. The molecule has 0 spiro atoms. The molecule has 1 aromatic carbocycles. The van der Waals surface area contributed by atoms with Crippen LogP contribution in [0.25, 0.3) is 0 Å². The first-order valence-electron chi connectivity index (χ1n) is 8.23. The minimum absolute atomic E-state index is 0.362. The molecule has 2 aromatic rings. The number of hydrogen-bond acceptors (Lipinski definition) is 4. The SMILES string of the molecule is CN=C(NCCc1nc(C(F)(F)F)cs1)NCCS(=O)Cc1ccccc1. The van der Waals surface area contributed by atoms with Gasteiger partial charge >= 0.3 is 6.18 Å². The highest BCUT2D eigenvalue weighted by atomic mass is 32.2. The molecular formula is C17H21F3N4OS2. The number of halogens is 3. The number of hydrogen-bond donors (Lipinski definition) is 2. The highest BCUT2D eigenvalue weighted by Gasteiger charge is 2.33. The molecule has 1 unspecified atom stereocenters. The molecule has 0 saturated carbocycles. The van der Waals surface area contributed by atoms with Crippen molar-refractivity contribution in [1.82, 2.24) is 15.6 Å². The summed E-state index contributed by atoms with van der Waals surface area (Å²) in [6.45, 7) is 0.881. The second-order valence-electron chi connectivity index (χ2n) is 5.57. The molecule has 148 valence electrons. The molecule has 0 amide bonds. The minimum atomic E-state index is -4.41. The maximum atomic E-state index is 12.5. The number of nitrogens with one attached hydrogen (secondary N) is 2. The normalized spacial score (nSPS) is 13.4. The number of nitrogens with zero attached hydrogens (tertiary/aromatic N) is 2. The van der Waals surface area contributed by atoms with Gasteiger partial charge in [0.1, 0.15) is 0 Å². The van der Waals surface area contributed by atoms with Crippen molar-refractivity contribution >= 4 is 28.1 Å². The maximum absolute atomic E-state index is 12.5. The van der Waals surface area contributed by atoms with E-state index in [4.69, 9.17) is 0 Å². The number of rotatable bonds is 8. The van der Waals surface area contributed by atoms with Gasteiger partial charge in [0.25, 0.3) is 0 Å². The van der Waals surface area contributed by atoms with Crippen molar-refractivity contribution < 1.29 is 17.4 Å². The van der Waals surface area contributed by atoms with E-state index in [1.165, 1.54) is 0 Å². The molecule has 5 nitrogen and oxygen atoms in total. The Morgan fingerprint density at radius 1 is 1.22 bits per heavy atom. The van der Waals surface area contributed by atoms with E-state index in [0.717, 1.165) is 22.3 Å². The van der Waals surface area contributed by atoms with Crippen molar-refractivity contribution in [3.8, 4) is 0 Å². The van der Waals surface area contributed by atoms with Gasteiger partial charge in [-0.2, -0.15) is 13.2 Å². The van der Waals surface area contributed by atoms with Crippen molar-refractivity contribution in [2.24, 2.45) is 4.99 Å². The van der Waals surface area contributed by atoms with Crippen LogP contribution in [0.5, 0.6) is 0 Å². The molecule has 10 heteroatoms. The summed E-state index contributed by atoms with van der Waals surface area (Å²) in [5.41, 5.74) is 0.172. The number of thiazole rings is 1. The highest BCUT2D eigenvalue weighted by molar-refractivity contribution is 7.84. The molecule has 0 radical (unpaired) electrons. The number of benzene rings is 1. The number of aliphatic imine (C=N–C) groups is 1. The smallest absolute Gasteiger partial charge is 0.356 e. The highest BCUT2D eigenvalue weighted by Crippen LogP contribution is 2.29. The molecule has 0 aliphatic rings. The average molecular weight is 419 g/mol. The third-order valence-electron chi connectivity index (χ3n) is 3.49. The van der Waals surface area contributed by atoms with Crippen LogP contribution in [0.15, 0.2) is 40.7 Å². The molecule has 2 N–H and O–H groups in total. The zero-order valence-corrected chi connectivity index (χ0v) is 16.4. The maximum Gasteiger partial charge on any atom is 0.434 e. The summed E-state index contributed by atoms with van der Waals surface area (Å²) in [5, 5.41) is 7.50. The molecule has 1 heterocycles. The van der Waals surface area contributed by atoms with Gasteiger partial charge in [0.15, 0.2) is 11.7 Å². The number of aromatic nitrogens is 1. The zero-order valence-electron chi connectivity index (χ0n) is 14.8. The van der Waals surface area contributed by atoms with Crippen LogP contribution in [-0.4, -0.2) is 41.0 Å². The lowest BCUT2D eigenvalue weighted by Gasteiger charge is -2.11. The lowest BCUT2D eigenvalue weighted by Crippen LogP contribution is -2.40. The fourth-order valence-electron chi connectivity index (χ4n) is 2.18. The Hall–Kier alpha value is -1.94. The summed E-state index contributed by atoms with van der Waals surface area (Å²) in [7, 11) is 0.608. The molecule has 0 aliphatic carbocycles. The van der Waals surface area contributed by atoms with Crippen molar-refractivity contribution in [2.45, 2.75) is 18.3 Å². The standard InChI is InChI=1S/C17H21F3N4OS2/c1-21-16(22-8-7-15-24-14(11-26-15)17(18,19)20)23-9-10-27(25)12-13-5-3-2-4-6-13/h2-6,11H,7-10,12H2,1H3,(H2,21,22,23). The van der Waals surface area contributed by atoms with Crippen molar-refractivity contribution in [2.75, 3.05) is 25.9 Å². The van der Waals surface area contributed by atoms with Gasteiger partial charge in [-0.05, 0) is 5.56 Å². The summed E-state index contributed by atoms with van der Waals surface area (Å²) in [4.78, 5) is 7.63. The minimum Gasteiger partial charge on any atom is -0.356 e. The first kappa shape index (κ1) is 21.4. The molecule has 0 saturated heterocycles. The van der Waals surface area contributed by atoms with Crippen LogP contribution in [0, 0.1) is 0 Å². The van der Waals surface area contributed by atoms with Gasteiger partial charge < -0.3 is 10.6 Å². The van der Waals surface area contributed by atoms with Crippen LogP contribution in [0.4, 0.5) is 13.2 Å². The van der Waals surface area contributed by atoms with Crippen LogP contribution in [0.2, 0.25) is 0 Å². The molecule has 0 fully saturated rings. The fraction of sp³-hybridized carbons (Fsp3) is 0.412. The molecule has 0 bridgehead atoms. The lowest BCUT2D eigenvalue weighted by atomic mass is 10.2. The monoisotopic (exact) mass is 418 g/mol. The summed E-state index contributed by atoms with van der Waals surface area (Å²) in [6.07, 6.45) is -4.05. The van der Waals surface area contributed by atoms with E-state index < -0.39 is 22.7 Å². The summed E-state index contributed by atoms with van der Waals surface area (Å²) < 4.78 is 49.6. The first-order chi connectivity index (χ1) is 12.9. The number of guanidine groups is 1. The molecule has 1 atom stereocenters. The Kier molecular flexibility index (Phi) is 8.23. The van der Waals surface area contributed by atoms with Gasteiger partial charge in [-0.15, -0.1) is 11.3 Å². The van der Waals surface area contributed by atoms with Crippen LogP contribution in [0.1, 0.15) is 16.3 Å². The van der Waals surface area contributed by atoms with E-state index in [-0.39, 0.29) is 0 Å². The Morgan fingerprint density at radius 3 is 2.56 bits per heavy atom. The van der Waals surface area contributed by atoms with Crippen LogP contribution in [0.3, 0.4) is 0 Å². The van der Waals surface area contributed by atoms with E-state index in [1.54, 1.807) is 7.05 Å². The zero-order chi connectivity index (χ0) is 19.7. The van der Waals surface area contributed by atoms with Crippen molar-refractivity contribution in [3.63, 3.8) is 0 Å². The van der Waals surface area contributed by atoms with Crippen molar-refractivity contribution in [1.29, 1.82) is 0 Å². The van der Waals surface area contributed by atoms with E-state index >= 15 is 0 Å². The first-order valence-corrected chi connectivity index (χ1v) is 10.6. The largest absolute Gasteiger partial charge is 0.434 e. The third-order valence-corrected chi connectivity index (χ3v) is 5.71. The van der Waals surface area contributed by atoms with Crippen LogP contribution in [-0.2, 0) is 29.1 Å². The average Bonchev–Trinajstić information content (AvgIpc) is 3.10. The Balaban J connectivity index is 1.67. The Bertz CT molecular complexity index is 763. The second kappa shape index (κ2) is 10.4. The predicted octanol–water partition coefficient (Wildman–Crippen LogP) is 2.82.